The predicted molar refractivity (Wildman–Crippen MR) is 101 cm³/mol. The van der Waals surface area contributed by atoms with Crippen LogP contribution in [0.4, 0.5) is 0 Å². The first-order chi connectivity index (χ1) is 11.1. The topological polar surface area (TPSA) is 52.5 Å². The number of rotatable bonds is 8. The molecule has 0 amide bonds. The van der Waals surface area contributed by atoms with Crippen molar-refractivity contribution in [3.05, 3.63) is 62.5 Å². The molecule has 2 aromatic rings. The van der Waals surface area contributed by atoms with Crippen molar-refractivity contribution in [3.8, 4) is 5.75 Å². The van der Waals surface area contributed by atoms with E-state index in [-0.39, 0.29) is 11.9 Å². The van der Waals surface area contributed by atoms with Gasteiger partial charge in [-0.2, -0.15) is 0 Å². The highest BCUT2D eigenvalue weighted by Gasteiger charge is 2.07. The van der Waals surface area contributed by atoms with E-state index < -0.39 is 0 Å². The van der Waals surface area contributed by atoms with Crippen LogP contribution < -0.4 is 5.32 Å². The van der Waals surface area contributed by atoms with Gasteiger partial charge in [0.05, 0.1) is 15.0 Å². The molecule has 0 spiro atoms. The molecule has 0 aliphatic carbocycles. The van der Waals surface area contributed by atoms with Crippen LogP contribution >= 0.6 is 31.9 Å². The highest BCUT2D eigenvalue weighted by molar-refractivity contribution is 9.11. The van der Waals surface area contributed by atoms with Gasteiger partial charge in [0.1, 0.15) is 5.75 Å². The lowest BCUT2D eigenvalue weighted by molar-refractivity contribution is 0.154. The molecule has 5 heteroatoms. The standard InChI is InChI=1S/C18H21Br2NO2/c19-16-10-14(11-17(20)18(16)23)12-21-9-8-15(22)7-6-13-4-2-1-3-5-13/h1-5,10-11,15,21-23H,6-9,12H2. The predicted octanol–water partition coefficient (Wildman–Crippen LogP) is 4.39. The lowest BCUT2D eigenvalue weighted by Crippen LogP contribution is -2.20. The summed E-state index contributed by atoms with van der Waals surface area (Å²) in [6.07, 6.45) is 2.12. The summed E-state index contributed by atoms with van der Waals surface area (Å²) in [5.74, 6) is 0.213. The molecule has 3 nitrogen and oxygen atoms in total. The Hall–Kier alpha value is -0.880. The molecule has 0 fully saturated rings. The maximum atomic E-state index is 10.0. The number of hydrogen-bond acceptors (Lipinski definition) is 3. The van der Waals surface area contributed by atoms with Gasteiger partial charge in [-0.15, -0.1) is 0 Å². The number of aliphatic hydroxyl groups excluding tert-OH is 1. The number of phenols is 1. The van der Waals surface area contributed by atoms with E-state index in [1.807, 2.05) is 30.3 Å². The highest BCUT2D eigenvalue weighted by Crippen LogP contribution is 2.33. The van der Waals surface area contributed by atoms with Gasteiger partial charge in [0.25, 0.3) is 0 Å². The summed E-state index contributed by atoms with van der Waals surface area (Å²) in [5, 5.41) is 23.0. The molecule has 23 heavy (non-hydrogen) atoms. The zero-order valence-corrected chi connectivity index (χ0v) is 16.0. The number of phenolic OH excluding ortho intramolecular Hbond substituents is 1. The highest BCUT2D eigenvalue weighted by atomic mass is 79.9. The molecular formula is C18H21Br2NO2. The van der Waals surface area contributed by atoms with Crippen molar-refractivity contribution in [3.63, 3.8) is 0 Å². The molecule has 0 aliphatic heterocycles. The van der Waals surface area contributed by atoms with Gasteiger partial charge in [-0.1, -0.05) is 30.3 Å². The van der Waals surface area contributed by atoms with E-state index in [9.17, 15) is 10.2 Å². The smallest absolute Gasteiger partial charge is 0.143 e. The van der Waals surface area contributed by atoms with E-state index in [1.54, 1.807) is 0 Å². The summed E-state index contributed by atoms with van der Waals surface area (Å²) in [5.41, 5.74) is 2.33. The van der Waals surface area contributed by atoms with Crippen LogP contribution in [0.2, 0.25) is 0 Å². The molecule has 0 aliphatic rings. The van der Waals surface area contributed by atoms with Crippen LogP contribution in [0, 0.1) is 0 Å². The Balaban J connectivity index is 1.67. The van der Waals surface area contributed by atoms with Gasteiger partial charge in [0, 0.05) is 6.54 Å². The summed E-state index contributed by atoms with van der Waals surface area (Å²) < 4.78 is 1.35. The van der Waals surface area contributed by atoms with Gasteiger partial charge >= 0.3 is 0 Å². The first kappa shape index (κ1) is 18.5. The van der Waals surface area contributed by atoms with Gasteiger partial charge < -0.3 is 15.5 Å². The second-order valence-corrected chi connectivity index (χ2v) is 7.26. The lowest BCUT2D eigenvalue weighted by Gasteiger charge is -2.12. The minimum absolute atomic E-state index is 0.213. The zero-order valence-electron chi connectivity index (χ0n) is 12.8. The van der Waals surface area contributed by atoms with Crippen molar-refractivity contribution in [1.82, 2.24) is 5.32 Å². The Morgan fingerprint density at radius 3 is 2.26 bits per heavy atom. The minimum atomic E-state index is -0.291. The summed E-state index contributed by atoms with van der Waals surface area (Å²) in [6, 6.07) is 14.0. The molecule has 0 aromatic heterocycles. The molecule has 0 bridgehead atoms. The van der Waals surface area contributed by atoms with E-state index in [2.05, 4.69) is 49.3 Å². The monoisotopic (exact) mass is 441 g/mol. The fourth-order valence-electron chi connectivity index (χ4n) is 2.34. The molecule has 0 saturated heterocycles. The van der Waals surface area contributed by atoms with Gasteiger partial charge in [-0.25, -0.2) is 0 Å². The number of aryl methyl sites for hydroxylation is 1. The van der Waals surface area contributed by atoms with E-state index >= 15 is 0 Å². The third-order valence-corrected chi connectivity index (χ3v) is 4.88. The summed E-state index contributed by atoms with van der Waals surface area (Å²) in [6.45, 7) is 1.45. The van der Waals surface area contributed by atoms with Gasteiger partial charge in [-0.05, 0) is 80.9 Å². The number of halogens is 2. The van der Waals surface area contributed by atoms with Crippen molar-refractivity contribution in [2.24, 2.45) is 0 Å². The number of nitrogens with one attached hydrogen (secondary N) is 1. The van der Waals surface area contributed by atoms with Crippen LogP contribution in [0.3, 0.4) is 0 Å². The number of benzene rings is 2. The summed E-state index contributed by atoms with van der Waals surface area (Å²) >= 11 is 6.65. The molecule has 2 aromatic carbocycles. The maximum absolute atomic E-state index is 10.0. The normalized spacial score (nSPS) is 12.3. The molecule has 0 radical (unpaired) electrons. The molecule has 2 rings (SSSR count). The number of aromatic hydroxyl groups is 1. The van der Waals surface area contributed by atoms with E-state index in [4.69, 9.17) is 0 Å². The van der Waals surface area contributed by atoms with Crippen molar-refractivity contribution in [2.45, 2.75) is 31.9 Å². The van der Waals surface area contributed by atoms with Crippen LogP contribution in [0.25, 0.3) is 0 Å². The Labute approximate surface area is 154 Å². The van der Waals surface area contributed by atoms with Crippen LogP contribution in [0.5, 0.6) is 5.75 Å². The molecule has 124 valence electrons. The second kappa shape index (κ2) is 9.42. The average Bonchev–Trinajstić information content (AvgIpc) is 2.55. The second-order valence-electron chi connectivity index (χ2n) is 5.55. The Bertz CT molecular complexity index is 597. The van der Waals surface area contributed by atoms with Crippen LogP contribution in [-0.2, 0) is 13.0 Å². The van der Waals surface area contributed by atoms with Crippen molar-refractivity contribution in [2.75, 3.05) is 6.54 Å². The molecule has 0 saturated carbocycles. The van der Waals surface area contributed by atoms with Crippen molar-refractivity contribution < 1.29 is 10.2 Å². The minimum Gasteiger partial charge on any atom is -0.506 e. The first-order valence-corrected chi connectivity index (χ1v) is 9.24. The SMILES string of the molecule is Oc1c(Br)cc(CNCCC(O)CCc2ccccc2)cc1Br. The van der Waals surface area contributed by atoms with Crippen LogP contribution in [0.15, 0.2) is 51.4 Å². The van der Waals surface area contributed by atoms with Gasteiger partial charge in [-0.3, -0.25) is 0 Å². The van der Waals surface area contributed by atoms with Crippen LogP contribution in [0.1, 0.15) is 24.0 Å². The fourth-order valence-corrected chi connectivity index (χ4v) is 3.63. The molecule has 1 atom stereocenters. The Kier molecular flexibility index (Phi) is 7.56. The van der Waals surface area contributed by atoms with Crippen molar-refractivity contribution in [1.29, 1.82) is 0 Å². The quantitative estimate of drug-likeness (QED) is 0.531. The lowest BCUT2D eigenvalue weighted by atomic mass is 10.1. The average molecular weight is 443 g/mol. The largest absolute Gasteiger partial charge is 0.506 e. The third-order valence-electron chi connectivity index (χ3n) is 3.67. The Morgan fingerprint density at radius 1 is 0.957 bits per heavy atom. The van der Waals surface area contributed by atoms with E-state index in [0.717, 1.165) is 31.4 Å². The van der Waals surface area contributed by atoms with Crippen molar-refractivity contribution >= 4 is 31.9 Å². The number of hydrogen-bond donors (Lipinski definition) is 3. The summed E-state index contributed by atoms with van der Waals surface area (Å²) in [4.78, 5) is 0. The molecule has 0 heterocycles. The molecular weight excluding hydrogens is 422 g/mol. The first-order valence-electron chi connectivity index (χ1n) is 7.66. The zero-order chi connectivity index (χ0) is 16.7. The third kappa shape index (κ3) is 6.26. The maximum Gasteiger partial charge on any atom is 0.143 e. The Morgan fingerprint density at radius 2 is 1.61 bits per heavy atom. The van der Waals surface area contributed by atoms with E-state index in [0.29, 0.717) is 15.5 Å². The van der Waals surface area contributed by atoms with Gasteiger partial charge in [0.2, 0.25) is 0 Å². The molecule has 3 N–H and O–H groups in total. The fraction of sp³-hybridized carbons (Fsp3) is 0.333. The summed E-state index contributed by atoms with van der Waals surface area (Å²) in [7, 11) is 0. The van der Waals surface area contributed by atoms with Crippen LogP contribution in [-0.4, -0.2) is 22.9 Å². The molecule has 1 unspecified atom stereocenters. The van der Waals surface area contributed by atoms with E-state index in [1.165, 1.54) is 5.56 Å². The number of aliphatic hydroxyl groups is 1. The van der Waals surface area contributed by atoms with Gasteiger partial charge in [0.15, 0.2) is 0 Å².